The maximum Gasteiger partial charge on any atom is 0.319 e. The lowest BCUT2D eigenvalue weighted by Gasteiger charge is -2.15. The Morgan fingerprint density at radius 1 is 1.22 bits per heavy atom. The Hall–Kier alpha value is -2.28. The van der Waals surface area contributed by atoms with E-state index in [1.54, 1.807) is 18.2 Å². The number of urea groups is 1. The van der Waals surface area contributed by atoms with Crippen molar-refractivity contribution in [3.8, 4) is 0 Å². The van der Waals surface area contributed by atoms with Crippen molar-refractivity contribution in [3.05, 3.63) is 47.4 Å². The molecular formula is C16H20N2O4S. The number of para-hydroxylation sites is 1. The molecule has 6 nitrogen and oxygen atoms in total. The van der Waals surface area contributed by atoms with E-state index < -0.39 is 15.9 Å². The Bertz CT molecular complexity index is 824. The van der Waals surface area contributed by atoms with Gasteiger partial charge in [-0.3, -0.25) is 0 Å². The number of nitrogens with one attached hydrogen (secondary N) is 2. The molecule has 2 rings (SSSR count). The first-order valence-electron chi connectivity index (χ1n) is 7.12. The Balaban J connectivity index is 2.13. The lowest BCUT2D eigenvalue weighted by Crippen LogP contribution is -2.31. The molecule has 1 atom stereocenters. The normalized spacial score (nSPS) is 12.7. The molecule has 23 heavy (non-hydrogen) atoms. The van der Waals surface area contributed by atoms with E-state index in [9.17, 15) is 13.2 Å². The van der Waals surface area contributed by atoms with Crippen LogP contribution in [0.5, 0.6) is 0 Å². The molecule has 0 aliphatic rings. The minimum absolute atomic E-state index is 0.0816. The first-order chi connectivity index (χ1) is 10.7. The summed E-state index contributed by atoms with van der Waals surface area (Å²) in [5.41, 5.74) is 1.13. The van der Waals surface area contributed by atoms with Crippen molar-refractivity contribution >= 4 is 21.6 Å². The maximum atomic E-state index is 12.1. The van der Waals surface area contributed by atoms with Gasteiger partial charge in [-0.25, -0.2) is 13.2 Å². The van der Waals surface area contributed by atoms with Gasteiger partial charge in [0, 0.05) is 11.8 Å². The quantitative estimate of drug-likeness (QED) is 0.897. The summed E-state index contributed by atoms with van der Waals surface area (Å²) in [4.78, 5) is 12.2. The standard InChI is InChI=1S/C16H20N2O4S/c1-10-9-13(12(3)22-10)11(2)17-16(19)18-14-7-5-6-8-15(14)23(4,20)21/h5-9,11H,1-4H3,(H2,17,18,19)/t11-/m0/s1. The fourth-order valence-electron chi connectivity index (χ4n) is 2.41. The number of furan rings is 1. The molecule has 2 N–H and O–H groups in total. The van der Waals surface area contributed by atoms with Crippen molar-refractivity contribution in [3.63, 3.8) is 0 Å². The predicted octanol–water partition coefficient (Wildman–Crippen LogP) is 3.18. The number of sulfone groups is 1. The summed E-state index contributed by atoms with van der Waals surface area (Å²) in [5.74, 6) is 1.51. The van der Waals surface area contributed by atoms with Crippen LogP contribution in [0.3, 0.4) is 0 Å². The van der Waals surface area contributed by atoms with Gasteiger partial charge in [0.05, 0.1) is 16.6 Å². The van der Waals surface area contributed by atoms with Crippen molar-refractivity contribution in [2.24, 2.45) is 0 Å². The van der Waals surface area contributed by atoms with Gasteiger partial charge >= 0.3 is 6.03 Å². The van der Waals surface area contributed by atoms with E-state index in [0.717, 1.165) is 23.3 Å². The number of rotatable bonds is 4. The molecule has 2 amide bonds. The van der Waals surface area contributed by atoms with Crippen molar-refractivity contribution in [1.82, 2.24) is 5.32 Å². The molecule has 0 aliphatic carbocycles. The van der Waals surface area contributed by atoms with Crippen LogP contribution in [0.15, 0.2) is 39.6 Å². The van der Waals surface area contributed by atoms with Gasteiger partial charge in [0.15, 0.2) is 9.84 Å². The molecule has 0 fully saturated rings. The molecule has 1 aromatic carbocycles. The van der Waals surface area contributed by atoms with Gasteiger partial charge in [0.25, 0.3) is 0 Å². The molecule has 0 aliphatic heterocycles. The van der Waals surface area contributed by atoms with E-state index >= 15 is 0 Å². The van der Waals surface area contributed by atoms with E-state index in [0.29, 0.717) is 0 Å². The Kier molecular flexibility index (Phi) is 4.79. The van der Waals surface area contributed by atoms with Gasteiger partial charge < -0.3 is 15.1 Å². The molecule has 124 valence electrons. The lowest BCUT2D eigenvalue weighted by molar-refractivity contribution is 0.249. The average molecular weight is 336 g/mol. The summed E-state index contributed by atoms with van der Waals surface area (Å²) in [5, 5.41) is 5.36. The predicted molar refractivity (Wildman–Crippen MR) is 88.3 cm³/mol. The molecule has 0 unspecified atom stereocenters. The van der Waals surface area contributed by atoms with E-state index in [2.05, 4.69) is 10.6 Å². The molecule has 0 saturated heterocycles. The zero-order valence-electron chi connectivity index (χ0n) is 13.5. The third kappa shape index (κ3) is 4.13. The maximum absolute atomic E-state index is 12.1. The zero-order valence-corrected chi connectivity index (χ0v) is 14.3. The van der Waals surface area contributed by atoms with Crippen LogP contribution in [0, 0.1) is 13.8 Å². The summed E-state index contributed by atoms with van der Waals surface area (Å²) in [6.45, 7) is 5.50. The zero-order chi connectivity index (χ0) is 17.2. The minimum Gasteiger partial charge on any atom is -0.466 e. The topological polar surface area (TPSA) is 88.4 Å². The van der Waals surface area contributed by atoms with Crippen LogP contribution in [-0.2, 0) is 9.84 Å². The second kappa shape index (κ2) is 6.45. The molecule has 0 bridgehead atoms. The van der Waals surface area contributed by atoms with Crippen molar-refractivity contribution < 1.29 is 17.6 Å². The molecule has 7 heteroatoms. The van der Waals surface area contributed by atoms with Gasteiger partial charge in [-0.15, -0.1) is 0 Å². The van der Waals surface area contributed by atoms with Crippen molar-refractivity contribution in [2.45, 2.75) is 31.7 Å². The first-order valence-corrected chi connectivity index (χ1v) is 9.01. The lowest BCUT2D eigenvalue weighted by atomic mass is 10.1. The fraction of sp³-hybridized carbons (Fsp3) is 0.312. The fourth-order valence-corrected chi connectivity index (χ4v) is 3.25. The minimum atomic E-state index is -3.42. The summed E-state index contributed by atoms with van der Waals surface area (Å²) in [6.07, 6.45) is 1.10. The number of aryl methyl sites for hydroxylation is 2. The Morgan fingerprint density at radius 2 is 1.87 bits per heavy atom. The number of benzene rings is 1. The van der Waals surface area contributed by atoms with Gasteiger partial charge in [0.2, 0.25) is 0 Å². The van der Waals surface area contributed by atoms with Gasteiger partial charge in [-0.2, -0.15) is 0 Å². The SMILES string of the molecule is Cc1cc([C@H](C)NC(=O)Nc2ccccc2S(C)(=O)=O)c(C)o1. The van der Waals surface area contributed by atoms with Crippen LogP contribution in [0.2, 0.25) is 0 Å². The number of anilines is 1. The van der Waals surface area contributed by atoms with Crippen LogP contribution < -0.4 is 10.6 Å². The van der Waals surface area contributed by atoms with Crippen LogP contribution in [-0.4, -0.2) is 20.7 Å². The second-order valence-electron chi connectivity index (χ2n) is 5.46. The summed E-state index contributed by atoms with van der Waals surface area (Å²) in [6, 6.07) is 7.40. The smallest absolute Gasteiger partial charge is 0.319 e. The third-order valence-electron chi connectivity index (χ3n) is 3.43. The van der Waals surface area contributed by atoms with Crippen LogP contribution in [0.1, 0.15) is 30.0 Å². The van der Waals surface area contributed by atoms with Crippen LogP contribution >= 0.6 is 0 Å². The van der Waals surface area contributed by atoms with Crippen molar-refractivity contribution in [2.75, 3.05) is 11.6 Å². The molecular weight excluding hydrogens is 316 g/mol. The molecule has 2 aromatic rings. The largest absolute Gasteiger partial charge is 0.466 e. The van der Waals surface area contributed by atoms with E-state index in [-0.39, 0.29) is 16.6 Å². The molecule has 0 spiro atoms. The summed E-state index contributed by atoms with van der Waals surface area (Å²) >= 11 is 0. The summed E-state index contributed by atoms with van der Waals surface area (Å²) < 4.78 is 28.9. The Morgan fingerprint density at radius 3 is 2.43 bits per heavy atom. The van der Waals surface area contributed by atoms with E-state index in [4.69, 9.17) is 4.42 Å². The molecule has 0 saturated carbocycles. The number of carbonyl (C=O) groups is 1. The second-order valence-corrected chi connectivity index (χ2v) is 7.44. The number of hydrogen-bond donors (Lipinski definition) is 2. The molecule has 1 aromatic heterocycles. The van der Waals surface area contributed by atoms with Gasteiger partial charge in [-0.1, -0.05) is 12.1 Å². The van der Waals surface area contributed by atoms with Crippen LogP contribution in [0.25, 0.3) is 0 Å². The average Bonchev–Trinajstić information content (AvgIpc) is 2.77. The third-order valence-corrected chi connectivity index (χ3v) is 4.58. The van der Waals surface area contributed by atoms with Gasteiger partial charge in [-0.05, 0) is 39.0 Å². The number of hydrogen-bond acceptors (Lipinski definition) is 4. The Labute approximate surface area is 135 Å². The molecule has 0 radical (unpaired) electrons. The number of amides is 2. The highest BCUT2D eigenvalue weighted by Gasteiger charge is 2.17. The monoisotopic (exact) mass is 336 g/mol. The highest BCUT2D eigenvalue weighted by atomic mass is 32.2. The van der Waals surface area contributed by atoms with Gasteiger partial charge in [0.1, 0.15) is 11.5 Å². The summed E-state index contributed by atoms with van der Waals surface area (Å²) in [7, 11) is -3.42. The first kappa shape index (κ1) is 17.1. The molecule has 1 heterocycles. The van der Waals surface area contributed by atoms with E-state index in [1.807, 2.05) is 26.8 Å². The highest BCUT2D eigenvalue weighted by Crippen LogP contribution is 2.23. The highest BCUT2D eigenvalue weighted by molar-refractivity contribution is 7.90. The van der Waals surface area contributed by atoms with Crippen molar-refractivity contribution in [1.29, 1.82) is 0 Å². The number of carbonyl (C=O) groups excluding carboxylic acids is 1. The van der Waals surface area contributed by atoms with E-state index in [1.165, 1.54) is 6.07 Å². The van der Waals surface area contributed by atoms with Crippen LogP contribution in [0.4, 0.5) is 10.5 Å².